The van der Waals surface area contributed by atoms with Crippen molar-refractivity contribution in [2.75, 3.05) is 32.2 Å². The Kier molecular flexibility index (Phi) is 5.18. The molecule has 28 heavy (non-hydrogen) atoms. The Balaban J connectivity index is 1.48. The number of hydrogen-bond donors (Lipinski definition) is 1. The highest BCUT2D eigenvalue weighted by Crippen LogP contribution is 2.35. The van der Waals surface area contributed by atoms with Gasteiger partial charge in [0.2, 0.25) is 0 Å². The molecule has 3 aromatic heterocycles. The highest BCUT2D eigenvalue weighted by molar-refractivity contribution is 5.62. The molecule has 0 saturated heterocycles. The molecule has 3 aromatic rings. The van der Waals surface area contributed by atoms with Gasteiger partial charge in [0.25, 0.3) is 5.88 Å². The normalized spacial score (nSPS) is 13.6. The van der Waals surface area contributed by atoms with Gasteiger partial charge < -0.3 is 19.5 Å². The topological polar surface area (TPSA) is 91.3 Å². The third-order valence-electron chi connectivity index (χ3n) is 4.50. The van der Waals surface area contributed by atoms with E-state index in [0.717, 1.165) is 28.4 Å². The van der Waals surface area contributed by atoms with Crippen LogP contribution in [0.3, 0.4) is 0 Å². The van der Waals surface area contributed by atoms with Crippen LogP contribution in [-0.4, -0.2) is 46.8 Å². The molecule has 4 heterocycles. The number of aromatic nitrogens is 4. The van der Waals surface area contributed by atoms with Gasteiger partial charge in [-0.05, 0) is 12.1 Å². The molecule has 8 nitrogen and oxygen atoms in total. The third kappa shape index (κ3) is 3.80. The zero-order chi connectivity index (χ0) is 19.3. The first kappa shape index (κ1) is 18.0. The monoisotopic (exact) mass is 379 g/mol. The molecule has 1 atom stereocenters. The first-order valence-corrected chi connectivity index (χ1v) is 9.04. The number of fused-ring (bicyclic) bond motifs is 1. The Bertz CT molecular complexity index is 966. The summed E-state index contributed by atoms with van der Waals surface area (Å²) in [5.74, 6) is 2.89. The Morgan fingerprint density at radius 3 is 2.93 bits per heavy atom. The van der Waals surface area contributed by atoms with Crippen LogP contribution in [-0.2, 0) is 0 Å². The van der Waals surface area contributed by atoms with Crippen molar-refractivity contribution in [1.82, 2.24) is 19.9 Å². The van der Waals surface area contributed by atoms with Crippen LogP contribution in [0.2, 0.25) is 0 Å². The number of nitrogens with one attached hydrogen (secondary N) is 1. The number of pyridine rings is 2. The fourth-order valence-electron chi connectivity index (χ4n) is 3.01. The number of methoxy groups -OCH3 is 1. The second-order valence-electron chi connectivity index (χ2n) is 6.42. The van der Waals surface area contributed by atoms with Crippen LogP contribution in [0.4, 0.5) is 5.82 Å². The van der Waals surface area contributed by atoms with Gasteiger partial charge in [0, 0.05) is 42.0 Å². The van der Waals surface area contributed by atoms with Crippen LogP contribution in [0.15, 0.2) is 43.1 Å². The lowest BCUT2D eigenvalue weighted by atomic mass is 10.0. The van der Waals surface area contributed by atoms with Gasteiger partial charge in [0.15, 0.2) is 5.75 Å². The van der Waals surface area contributed by atoms with Gasteiger partial charge in [0.05, 0.1) is 19.0 Å². The van der Waals surface area contributed by atoms with Crippen LogP contribution in [0.5, 0.6) is 17.4 Å². The molecule has 0 aromatic carbocycles. The molecule has 0 fully saturated rings. The van der Waals surface area contributed by atoms with Crippen molar-refractivity contribution in [3.8, 4) is 28.6 Å². The Morgan fingerprint density at radius 2 is 2.04 bits per heavy atom. The molecule has 144 valence electrons. The average Bonchev–Trinajstić information content (AvgIpc) is 2.77. The summed E-state index contributed by atoms with van der Waals surface area (Å²) in [6, 6.07) is 5.75. The minimum absolute atomic E-state index is 0.176. The highest BCUT2D eigenvalue weighted by atomic mass is 16.6. The zero-order valence-corrected chi connectivity index (χ0v) is 15.8. The Hall–Kier alpha value is -3.42. The van der Waals surface area contributed by atoms with Gasteiger partial charge in [-0.2, -0.15) is 0 Å². The zero-order valence-electron chi connectivity index (χ0n) is 15.8. The van der Waals surface area contributed by atoms with Gasteiger partial charge in [0.1, 0.15) is 31.1 Å². The largest absolute Gasteiger partial charge is 0.495 e. The first-order chi connectivity index (χ1) is 13.7. The van der Waals surface area contributed by atoms with Crippen molar-refractivity contribution in [2.45, 2.75) is 12.8 Å². The van der Waals surface area contributed by atoms with E-state index in [1.807, 2.05) is 18.2 Å². The lowest BCUT2D eigenvalue weighted by Crippen LogP contribution is -2.19. The quantitative estimate of drug-likeness (QED) is 0.699. The number of nitrogens with zero attached hydrogens (tertiary/aromatic N) is 4. The summed E-state index contributed by atoms with van der Waals surface area (Å²) in [5.41, 5.74) is 2.70. The van der Waals surface area contributed by atoms with Gasteiger partial charge in [-0.25, -0.2) is 15.0 Å². The molecule has 1 N–H and O–H groups in total. The lowest BCUT2D eigenvalue weighted by molar-refractivity contribution is 0.162. The first-order valence-electron chi connectivity index (χ1n) is 9.04. The van der Waals surface area contributed by atoms with E-state index < -0.39 is 0 Å². The predicted octanol–water partition coefficient (Wildman–Crippen LogP) is 2.93. The average molecular weight is 379 g/mol. The summed E-state index contributed by atoms with van der Waals surface area (Å²) < 4.78 is 16.6. The van der Waals surface area contributed by atoms with E-state index in [-0.39, 0.29) is 5.92 Å². The summed E-state index contributed by atoms with van der Waals surface area (Å²) in [4.78, 5) is 17.1. The van der Waals surface area contributed by atoms with Crippen molar-refractivity contribution in [3.63, 3.8) is 0 Å². The van der Waals surface area contributed by atoms with E-state index >= 15 is 0 Å². The molecule has 0 saturated carbocycles. The SMILES string of the molecule is COc1cncc(-c2cc(NC[C@@H](C)c3ccnc4c3OCCO4)ncn2)c1. The summed E-state index contributed by atoms with van der Waals surface area (Å²) in [7, 11) is 1.61. The van der Waals surface area contributed by atoms with Crippen LogP contribution >= 0.6 is 0 Å². The van der Waals surface area contributed by atoms with Crippen LogP contribution < -0.4 is 19.5 Å². The van der Waals surface area contributed by atoms with Crippen LogP contribution in [0, 0.1) is 0 Å². The summed E-state index contributed by atoms with van der Waals surface area (Å²) in [6.07, 6.45) is 6.69. The third-order valence-corrected chi connectivity index (χ3v) is 4.50. The van der Waals surface area contributed by atoms with E-state index in [1.165, 1.54) is 6.33 Å². The maximum atomic E-state index is 5.77. The van der Waals surface area contributed by atoms with Crippen molar-refractivity contribution in [2.24, 2.45) is 0 Å². The molecular weight excluding hydrogens is 358 g/mol. The maximum Gasteiger partial charge on any atom is 0.257 e. The van der Waals surface area contributed by atoms with Crippen molar-refractivity contribution in [1.29, 1.82) is 0 Å². The predicted molar refractivity (Wildman–Crippen MR) is 104 cm³/mol. The minimum Gasteiger partial charge on any atom is -0.495 e. The lowest BCUT2D eigenvalue weighted by Gasteiger charge is -2.22. The molecule has 0 radical (unpaired) electrons. The molecule has 0 amide bonds. The van der Waals surface area contributed by atoms with Gasteiger partial charge >= 0.3 is 0 Å². The van der Waals surface area contributed by atoms with Gasteiger partial charge in [-0.1, -0.05) is 6.92 Å². The fourth-order valence-corrected chi connectivity index (χ4v) is 3.01. The van der Waals surface area contributed by atoms with Crippen molar-refractivity contribution in [3.05, 3.63) is 48.7 Å². The molecule has 1 aliphatic rings. The number of hydrogen-bond acceptors (Lipinski definition) is 8. The van der Waals surface area contributed by atoms with E-state index in [9.17, 15) is 0 Å². The van der Waals surface area contributed by atoms with Gasteiger partial charge in [-0.15, -0.1) is 0 Å². The van der Waals surface area contributed by atoms with E-state index in [4.69, 9.17) is 14.2 Å². The second-order valence-corrected chi connectivity index (χ2v) is 6.42. The number of rotatable bonds is 6. The molecule has 8 heteroatoms. The molecule has 0 spiro atoms. The maximum absolute atomic E-state index is 5.77. The van der Waals surface area contributed by atoms with Crippen molar-refractivity contribution < 1.29 is 14.2 Å². The molecular formula is C20H21N5O3. The van der Waals surface area contributed by atoms with Crippen LogP contribution in [0.25, 0.3) is 11.3 Å². The molecule has 0 unspecified atom stereocenters. The van der Waals surface area contributed by atoms with E-state index in [0.29, 0.717) is 31.4 Å². The standard InChI is InChI=1S/C20H21N5O3/c1-13(16-3-4-22-20-19(16)27-5-6-28-20)9-23-18-8-17(24-12-25-18)14-7-15(26-2)11-21-10-14/h3-4,7-8,10-13H,5-6,9H2,1-2H3,(H,23,24,25)/t13-/m1/s1. The van der Waals surface area contributed by atoms with Crippen molar-refractivity contribution >= 4 is 5.82 Å². The molecule has 4 rings (SSSR count). The Labute approximate surface area is 162 Å². The smallest absolute Gasteiger partial charge is 0.257 e. The Morgan fingerprint density at radius 1 is 1.14 bits per heavy atom. The van der Waals surface area contributed by atoms with Gasteiger partial charge in [-0.3, -0.25) is 4.98 Å². The minimum atomic E-state index is 0.176. The summed E-state index contributed by atoms with van der Waals surface area (Å²) >= 11 is 0. The second kappa shape index (κ2) is 8.08. The van der Waals surface area contributed by atoms with E-state index in [1.54, 1.807) is 25.7 Å². The summed E-state index contributed by atoms with van der Waals surface area (Å²) in [6.45, 7) is 3.86. The van der Waals surface area contributed by atoms with E-state index in [2.05, 4.69) is 32.2 Å². The molecule has 0 aliphatic carbocycles. The molecule has 0 bridgehead atoms. The summed E-state index contributed by atoms with van der Waals surface area (Å²) in [5, 5.41) is 3.37. The number of ether oxygens (including phenoxy) is 3. The number of anilines is 1. The molecule has 1 aliphatic heterocycles. The fraction of sp³-hybridized carbons (Fsp3) is 0.300. The van der Waals surface area contributed by atoms with Crippen LogP contribution in [0.1, 0.15) is 18.4 Å². The highest BCUT2D eigenvalue weighted by Gasteiger charge is 2.20.